The van der Waals surface area contributed by atoms with Crippen LogP contribution in [0.1, 0.15) is 25.7 Å². The van der Waals surface area contributed by atoms with Gasteiger partial charge in [0.15, 0.2) is 0 Å². The normalized spacial score (nSPS) is 18.5. The van der Waals surface area contributed by atoms with Crippen molar-refractivity contribution in [2.75, 3.05) is 18.9 Å². The van der Waals surface area contributed by atoms with Gasteiger partial charge in [0.1, 0.15) is 0 Å². The Bertz CT molecular complexity index is 234. The van der Waals surface area contributed by atoms with E-state index in [0.29, 0.717) is 18.9 Å². The van der Waals surface area contributed by atoms with Crippen molar-refractivity contribution in [2.45, 2.75) is 25.7 Å². The summed E-state index contributed by atoms with van der Waals surface area (Å²) in [6.45, 7) is 0.512. The number of sulfonamides is 1. The Labute approximate surface area is 79.4 Å². The summed E-state index contributed by atoms with van der Waals surface area (Å²) in [7, 11) is -3.12. The Balaban J connectivity index is 2.17. The molecule has 78 valence electrons. The van der Waals surface area contributed by atoms with E-state index in [0.717, 1.165) is 12.8 Å². The summed E-state index contributed by atoms with van der Waals surface area (Å²) < 4.78 is 25.0. The van der Waals surface area contributed by atoms with Gasteiger partial charge in [0.05, 0.1) is 5.75 Å². The van der Waals surface area contributed by atoms with Crippen LogP contribution in [0.3, 0.4) is 0 Å². The molecule has 2 N–H and O–H groups in total. The Morgan fingerprint density at radius 2 is 2.08 bits per heavy atom. The molecule has 0 radical (unpaired) electrons. The van der Waals surface area contributed by atoms with E-state index in [2.05, 4.69) is 4.72 Å². The predicted octanol–water partition coefficient (Wildman–Crippen LogP) is 0.0883. The van der Waals surface area contributed by atoms with Crippen LogP contribution >= 0.6 is 0 Å². The first-order valence-electron chi connectivity index (χ1n) is 4.72. The average molecular weight is 207 g/mol. The van der Waals surface area contributed by atoms with Crippen molar-refractivity contribution in [2.24, 2.45) is 5.92 Å². The standard InChI is InChI=1S/C8H17NO3S/c10-5-2-6-13(11,12)9-7-8-3-1-4-8/h8-10H,1-7H2. The maximum Gasteiger partial charge on any atom is 0.211 e. The number of aliphatic hydroxyl groups is 1. The minimum atomic E-state index is -3.12. The SMILES string of the molecule is O=S(=O)(CCCO)NCC1CCC1. The summed E-state index contributed by atoms with van der Waals surface area (Å²) in [5.41, 5.74) is 0. The zero-order valence-corrected chi connectivity index (χ0v) is 8.52. The van der Waals surface area contributed by atoms with Crippen molar-refractivity contribution in [3.8, 4) is 0 Å². The number of aliphatic hydroxyl groups excluding tert-OH is 1. The molecule has 0 unspecified atom stereocenters. The molecule has 1 fully saturated rings. The van der Waals surface area contributed by atoms with E-state index < -0.39 is 10.0 Å². The van der Waals surface area contributed by atoms with Gasteiger partial charge in [-0.2, -0.15) is 0 Å². The topological polar surface area (TPSA) is 66.4 Å². The van der Waals surface area contributed by atoms with Crippen LogP contribution in [0.5, 0.6) is 0 Å². The summed E-state index contributed by atoms with van der Waals surface area (Å²) in [5.74, 6) is 0.583. The van der Waals surface area contributed by atoms with Gasteiger partial charge in [-0.05, 0) is 25.2 Å². The largest absolute Gasteiger partial charge is 0.396 e. The third-order valence-electron chi connectivity index (χ3n) is 2.39. The molecule has 0 amide bonds. The summed E-state index contributed by atoms with van der Waals surface area (Å²) in [6.07, 6.45) is 3.83. The van der Waals surface area contributed by atoms with E-state index in [4.69, 9.17) is 5.11 Å². The molecule has 0 spiro atoms. The molecule has 0 aromatic rings. The van der Waals surface area contributed by atoms with Crippen LogP contribution in [0.15, 0.2) is 0 Å². The first kappa shape index (κ1) is 10.9. The lowest BCUT2D eigenvalue weighted by Crippen LogP contribution is -2.33. The van der Waals surface area contributed by atoms with Crippen LogP contribution in [0, 0.1) is 5.92 Å². The Hall–Kier alpha value is -0.130. The molecular weight excluding hydrogens is 190 g/mol. The van der Waals surface area contributed by atoms with Crippen LogP contribution in [-0.2, 0) is 10.0 Å². The van der Waals surface area contributed by atoms with Gasteiger partial charge in [-0.1, -0.05) is 6.42 Å². The maximum atomic E-state index is 11.2. The molecule has 1 aliphatic rings. The van der Waals surface area contributed by atoms with Gasteiger partial charge in [0, 0.05) is 13.2 Å². The highest BCUT2D eigenvalue weighted by Gasteiger charge is 2.19. The monoisotopic (exact) mass is 207 g/mol. The van der Waals surface area contributed by atoms with Crippen LogP contribution in [0.2, 0.25) is 0 Å². The Morgan fingerprint density at radius 3 is 2.54 bits per heavy atom. The maximum absolute atomic E-state index is 11.2. The van der Waals surface area contributed by atoms with Crippen LogP contribution in [0.4, 0.5) is 0 Å². The van der Waals surface area contributed by atoms with E-state index in [1.54, 1.807) is 0 Å². The molecule has 13 heavy (non-hydrogen) atoms. The molecule has 1 aliphatic carbocycles. The number of hydrogen-bond donors (Lipinski definition) is 2. The van der Waals surface area contributed by atoms with E-state index in [1.807, 2.05) is 0 Å². The fraction of sp³-hybridized carbons (Fsp3) is 1.00. The van der Waals surface area contributed by atoms with Crippen molar-refractivity contribution in [1.82, 2.24) is 4.72 Å². The number of hydrogen-bond acceptors (Lipinski definition) is 3. The van der Waals surface area contributed by atoms with E-state index in [9.17, 15) is 8.42 Å². The van der Waals surface area contributed by atoms with Gasteiger partial charge < -0.3 is 5.11 Å². The number of nitrogens with one attached hydrogen (secondary N) is 1. The smallest absolute Gasteiger partial charge is 0.211 e. The molecule has 1 rings (SSSR count). The Morgan fingerprint density at radius 1 is 1.38 bits per heavy atom. The number of rotatable bonds is 6. The molecule has 5 heteroatoms. The summed E-state index contributed by atoms with van der Waals surface area (Å²) >= 11 is 0. The first-order valence-corrected chi connectivity index (χ1v) is 6.37. The van der Waals surface area contributed by atoms with Crippen LogP contribution < -0.4 is 4.72 Å². The van der Waals surface area contributed by atoms with E-state index in [1.165, 1.54) is 6.42 Å². The van der Waals surface area contributed by atoms with Crippen molar-refractivity contribution >= 4 is 10.0 Å². The van der Waals surface area contributed by atoms with Gasteiger partial charge in [-0.15, -0.1) is 0 Å². The third-order valence-corrected chi connectivity index (χ3v) is 3.82. The zero-order chi connectivity index (χ0) is 9.73. The highest BCUT2D eigenvalue weighted by molar-refractivity contribution is 7.89. The van der Waals surface area contributed by atoms with Gasteiger partial charge in [0.25, 0.3) is 0 Å². The lowest BCUT2D eigenvalue weighted by molar-refractivity contribution is 0.294. The van der Waals surface area contributed by atoms with E-state index >= 15 is 0 Å². The summed E-state index contributed by atoms with van der Waals surface area (Å²) in [4.78, 5) is 0. The molecule has 4 nitrogen and oxygen atoms in total. The third kappa shape index (κ3) is 4.06. The second kappa shape index (κ2) is 4.93. The Kier molecular flexibility index (Phi) is 4.15. The molecule has 0 saturated heterocycles. The second-order valence-electron chi connectivity index (χ2n) is 3.54. The fourth-order valence-electron chi connectivity index (χ4n) is 1.27. The summed E-state index contributed by atoms with van der Waals surface area (Å²) in [6, 6.07) is 0. The van der Waals surface area contributed by atoms with Gasteiger partial charge >= 0.3 is 0 Å². The molecular formula is C8H17NO3S. The lowest BCUT2D eigenvalue weighted by Gasteiger charge is -2.25. The fourth-order valence-corrected chi connectivity index (χ4v) is 2.41. The van der Waals surface area contributed by atoms with Crippen molar-refractivity contribution in [1.29, 1.82) is 0 Å². The predicted molar refractivity (Wildman–Crippen MR) is 50.8 cm³/mol. The molecule has 0 aromatic carbocycles. The first-order chi connectivity index (χ1) is 6.14. The summed E-state index contributed by atoms with van der Waals surface area (Å²) in [5, 5.41) is 8.47. The molecule has 1 saturated carbocycles. The molecule has 0 bridgehead atoms. The van der Waals surface area contributed by atoms with Gasteiger partial charge in [0.2, 0.25) is 10.0 Å². The molecule has 0 heterocycles. The lowest BCUT2D eigenvalue weighted by atomic mass is 9.86. The zero-order valence-electron chi connectivity index (χ0n) is 7.70. The van der Waals surface area contributed by atoms with Gasteiger partial charge in [-0.25, -0.2) is 13.1 Å². The van der Waals surface area contributed by atoms with Crippen molar-refractivity contribution < 1.29 is 13.5 Å². The van der Waals surface area contributed by atoms with Crippen LogP contribution in [0.25, 0.3) is 0 Å². The quantitative estimate of drug-likeness (QED) is 0.648. The van der Waals surface area contributed by atoms with Crippen molar-refractivity contribution in [3.63, 3.8) is 0 Å². The minimum absolute atomic E-state index is 0.0379. The van der Waals surface area contributed by atoms with Gasteiger partial charge in [-0.3, -0.25) is 0 Å². The molecule has 0 aromatic heterocycles. The molecule has 0 aliphatic heterocycles. The average Bonchev–Trinajstić information content (AvgIpc) is 1.98. The second-order valence-corrected chi connectivity index (χ2v) is 5.47. The molecule has 0 atom stereocenters. The van der Waals surface area contributed by atoms with Crippen LogP contribution in [-0.4, -0.2) is 32.4 Å². The minimum Gasteiger partial charge on any atom is -0.396 e. The highest BCUT2D eigenvalue weighted by atomic mass is 32.2. The van der Waals surface area contributed by atoms with Crippen molar-refractivity contribution in [3.05, 3.63) is 0 Å². The highest BCUT2D eigenvalue weighted by Crippen LogP contribution is 2.25. The van der Waals surface area contributed by atoms with E-state index in [-0.39, 0.29) is 12.4 Å².